The van der Waals surface area contributed by atoms with Gasteiger partial charge in [0.15, 0.2) is 28.4 Å². The molecule has 1 aromatic carbocycles. The molecule has 5 rings (SSSR count). The van der Waals surface area contributed by atoms with E-state index in [4.69, 9.17) is 19.2 Å². The number of hydrogen-bond donors (Lipinski definition) is 2. The Kier molecular flexibility index (Phi) is 6.25. The molecule has 0 radical (unpaired) electrons. The molecule has 1 aliphatic carbocycles. The zero-order chi connectivity index (χ0) is 26.3. The predicted octanol–water partition coefficient (Wildman–Crippen LogP) is 1.14. The summed E-state index contributed by atoms with van der Waals surface area (Å²) in [5.74, 6) is 1.57. The number of hydrogen-bond acceptors (Lipinski definition) is 10. The monoisotopic (exact) mass is 526 g/mol. The number of imidazole rings is 1. The molecular weight excluding hydrogens is 500 g/mol. The molecule has 3 aliphatic rings. The zero-order valence-electron chi connectivity index (χ0n) is 20.7. The van der Waals surface area contributed by atoms with Crippen LogP contribution in [0.4, 0.5) is 5.69 Å². The van der Waals surface area contributed by atoms with Gasteiger partial charge in [0.25, 0.3) is 10.0 Å². The second-order valence-electron chi connectivity index (χ2n) is 8.57. The van der Waals surface area contributed by atoms with Crippen molar-refractivity contribution in [3.8, 4) is 28.6 Å². The number of aliphatic hydroxyl groups excluding tert-OH is 1. The molecule has 1 unspecified atom stereocenters. The molecule has 2 N–H and O–H groups in total. The lowest BCUT2D eigenvalue weighted by molar-refractivity contribution is 0.0457. The van der Waals surface area contributed by atoms with Crippen molar-refractivity contribution in [1.82, 2.24) is 19.3 Å². The number of nitrogens with zero attached hydrogens (tertiary/aromatic N) is 5. The number of nitrogens with one attached hydrogen (secondary N) is 1. The van der Waals surface area contributed by atoms with Crippen molar-refractivity contribution >= 4 is 15.7 Å². The van der Waals surface area contributed by atoms with Gasteiger partial charge in [0.2, 0.25) is 0 Å². The number of allylic oxidation sites excluding steroid dienone is 1. The Morgan fingerprint density at radius 1 is 1.38 bits per heavy atom. The van der Waals surface area contributed by atoms with Gasteiger partial charge >= 0.3 is 0 Å². The van der Waals surface area contributed by atoms with Gasteiger partial charge in [-0.05, 0) is 19.1 Å². The lowest BCUT2D eigenvalue weighted by atomic mass is 10.2. The molecule has 2 aliphatic heterocycles. The van der Waals surface area contributed by atoms with Crippen LogP contribution in [-0.4, -0.2) is 61.5 Å². The molecule has 37 heavy (non-hydrogen) atoms. The van der Waals surface area contributed by atoms with Crippen LogP contribution in [-0.2, 0) is 17.1 Å². The summed E-state index contributed by atoms with van der Waals surface area (Å²) in [7, 11) is 0.949. The maximum atomic E-state index is 13.1. The molecule has 0 saturated carbocycles. The number of aliphatic hydroxyl groups is 1. The molecule has 0 bridgehead atoms. The summed E-state index contributed by atoms with van der Waals surface area (Å²) in [4.78, 5) is 14.8. The van der Waals surface area contributed by atoms with Crippen LogP contribution >= 0.6 is 0 Å². The van der Waals surface area contributed by atoms with Gasteiger partial charge in [-0.25, -0.2) is 15.0 Å². The molecule has 13 heteroatoms. The third kappa shape index (κ3) is 4.82. The van der Waals surface area contributed by atoms with E-state index < -0.39 is 16.1 Å². The van der Waals surface area contributed by atoms with Gasteiger partial charge in [-0.2, -0.15) is 8.42 Å². The third-order valence-electron chi connectivity index (χ3n) is 5.82. The lowest BCUT2D eigenvalue weighted by Crippen LogP contribution is -2.33. The van der Waals surface area contributed by atoms with E-state index >= 15 is 0 Å². The quantitative estimate of drug-likeness (QED) is 0.346. The van der Waals surface area contributed by atoms with E-state index in [1.54, 1.807) is 48.7 Å². The minimum Gasteiger partial charge on any atom is -0.497 e. The van der Waals surface area contributed by atoms with E-state index in [9.17, 15) is 13.5 Å². The van der Waals surface area contributed by atoms with Crippen molar-refractivity contribution in [2.75, 3.05) is 32.3 Å². The Morgan fingerprint density at radius 3 is 2.89 bits per heavy atom. The van der Waals surface area contributed by atoms with E-state index in [0.29, 0.717) is 34.1 Å². The van der Waals surface area contributed by atoms with E-state index in [2.05, 4.69) is 14.7 Å². The van der Waals surface area contributed by atoms with E-state index in [0.717, 1.165) is 11.4 Å². The van der Waals surface area contributed by atoms with Gasteiger partial charge in [-0.15, -0.1) is 0 Å². The molecule has 194 valence electrons. The number of anilines is 1. The Morgan fingerprint density at radius 2 is 2.19 bits per heavy atom. The van der Waals surface area contributed by atoms with Gasteiger partial charge in [-0.1, -0.05) is 6.07 Å². The SMILES string of the molecule is COc1cc2c(c(N(C)C(/N=c3/cccc4nc3-4)=C(/C)NS(=O)(=O)c3cn(C)cn3)c1)OCC(CO)O2. The second kappa shape index (κ2) is 9.41. The van der Waals surface area contributed by atoms with Crippen LogP contribution in [0.5, 0.6) is 17.2 Å². The highest BCUT2D eigenvalue weighted by Crippen LogP contribution is 2.45. The van der Waals surface area contributed by atoms with Crippen LogP contribution in [0.25, 0.3) is 11.4 Å². The molecular formula is C24H26N6O6S. The number of rotatable bonds is 8. The van der Waals surface area contributed by atoms with Gasteiger partial charge in [-0.3, -0.25) is 4.72 Å². The number of methoxy groups -OCH3 is 1. The number of ether oxygens (including phenoxy) is 3. The van der Waals surface area contributed by atoms with Crippen LogP contribution in [0, 0.1) is 0 Å². The Bertz CT molecular complexity index is 1580. The molecule has 0 spiro atoms. The van der Waals surface area contributed by atoms with Crippen LogP contribution in [0.3, 0.4) is 0 Å². The number of fused-ring (bicyclic) bond motifs is 2. The average Bonchev–Trinajstić information content (AvgIpc) is 3.56. The minimum atomic E-state index is -3.99. The fourth-order valence-electron chi connectivity index (χ4n) is 3.90. The minimum absolute atomic E-state index is 0.121. The smallest absolute Gasteiger partial charge is 0.280 e. The molecule has 1 aromatic heterocycles. The molecule has 3 heterocycles. The summed E-state index contributed by atoms with van der Waals surface area (Å²) < 4.78 is 47.5. The predicted molar refractivity (Wildman–Crippen MR) is 133 cm³/mol. The highest BCUT2D eigenvalue weighted by Gasteiger charge is 2.28. The molecule has 0 saturated heterocycles. The van der Waals surface area contributed by atoms with Crippen LogP contribution in [0.1, 0.15) is 6.92 Å². The Balaban J connectivity index is 1.63. The van der Waals surface area contributed by atoms with E-state index in [1.807, 2.05) is 12.1 Å². The van der Waals surface area contributed by atoms with Gasteiger partial charge in [0.1, 0.15) is 18.1 Å². The first kappa shape index (κ1) is 24.6. The normalized spacial score (nSPS) is 16.7. The van der Waals surface area contributed by atoms with Crippen LogP contribution in [0.15, 0.2) is 64.4 Å². The summed E-state index contributed by atoms with van der Waals surface area (Å²) in [5.41, 5.74) is 2.34. The summed E-state index contributed by atoms with van der Waals surface area (Å²) in [6.45, 7) is 1.54. The highest BCUT2D eigenvalue weighted by molar-refractivity contribution is 7.89. The summed E-state index contributed by atoms with van der Waals surface area (Å²) in [5, 5.41) is 10.00. The maximum absolute atomic E-state index is 13.1. The zero-order valence-corrected chi connectivity index (χ0v) is 21.5. The Hall–Kier alpha value is -4.10. The average molecular weight is 527 g/mol. The van der Waals surface area contributed by atoms with E-state index in [1.165, 1.54) is 19.6 Å². The van der Waals surface area contributed by atoms with Crippen molar-refractivity contribution in [2.24, 2.45) is 12.0 Å². The molecule has 0 fully saturated rings. The first-order valence-corrected chi connectivity index (χ1v) is 12.8. The first-order chi connectivity index (χ1) is 17.7. The number of para-hydroxylation sites is 1. The number of sulfonamides is 1. The van der Waals surface area contributed by atoms with Crippen LogP contribution in [0.2, 0.25) is 0 Å². The summed E-state index contributed by atoms with van der Waals surface area (Å²) in [6, 6.07) is 8.91. The lowest BCUT2D eigenvalue weighted by Gasteiger charge is -2.31. The van der Waals surface area contributed by atoms with Crippen molar-refractivity contribution in [3.63, 3.8) is 0 Å². The molecule has 2 aromatic rings. The van der Waals surface area contributed by atoms with Crippen LogP contribution < -0.4 is 29.2 Å². The molecule has 1 atom stereocenters. The summed E-state index contributed by atoms with van der Waals surface area (Å²) >= 11 is 0. The van der Waals surface area contributed by atoms with Gasteiger partial charge < -0.3 is 28.8 Å². The first-order valence-electron chi connectivity index (χ1n) is 11.3. The van der Waals surface area contributed by atoms with E-state index in [-0.39, 0.29) is 23.9 Å². The fourth-order valence-corrected chi connectivity index (χ4v) is 4.99. The second-order valence-corrected chi connectivity index (χ2v) is 10.2. The number of aryl methyl sites for hydroxylation is 1. The van der Waals surface area contributed by atoms with Crippen molar-refractivity contribution in [3.05, 3.63) is 59.7 Å². The molecule has 12 nitrogen and oxygen atoms in total. The Labute approximate surface area is 213 Å². The number of aromatic nitrogens is 3. The summed E-state index contributed by atoms with van der Waals surface area (Å²) in [6.07, 6.45) is 2.29. The standard InChI is InChI=1S/C24H26N6O6S/c1-14(28-37(32,33)21-10-29(2)13-25-21)24(27-18-7-5-6-17-22(18)26-17)30(3)19-8-15(34-4)9-20-23(19)35-12-16(11-31)36-20/h5-10,13,16,28,31H,11-12H2,1-4H3/b24-14-,27-18-. The molecule has 0 amide bonds. The maximum Gasteiger partial charge on any atom is 0.280 e. The van der Waals surface area contributed by atoms with Crippen molar-refractivity contribution in [2.45, 2.75) is 18.1 Å². The topological polar surface area (TPSA) is 140 Å². The van der Waals surface area contributed by atoms with Gasteiger partial charge in [0, 0.05) is 32.4 Å². The fraction of sp³-hybridized carbons (Fsp3) is 0.292. The number of benzene rings is 2. The highest BCUT2D eigenvalue weighted by atomic mass is 32.2. The van der Waals surface area contributed by atoms with Crippen molar-refractivity contribution in [1.29, 1.82) is 0 Å². The van der Waals surface area contributed by atoms with Gasteiger partial charge in [0.05, 0.1) is 42.5 Å². The largest absolute Gasteiger partial charge is 0.497 e. The third-order valence-corrected chi connectivity index (χ3v) is 7.15. The van der Waals surface area contributed by atoms with Crippen molar-refractivity contribution < 1.29 is 27.7 Å².